The predicted octanol–water partition coefficient (Wildman–Crippen LogP) is 1.42. The number of hydrogen-bond acceptors (Lipinski definition) is 4. The first-order valence-electron chi connectivity index (χ1n) is 11.8. The van der Waals surface area contributed by atoms with Crippen molar-refractivity contribution in [1.29, 1.82) is 0 Å². The summed E-state index contributed by atoms with van der Waals surface area (Å²) in [5.41, 5.74) is 2.52. The third-order valence-corrected chi connectivity index (χ3v) is 6.14. The molecule has 32 heavy (non-hydrogen) atoms. The lowest BCUT2D eigenvalue weighted by Crippen LogP contribution is -2.50. The molecule has 2 heterocycles. The van der Waals surface area contributed by atoms with Crippen molar-refractivity contribution in [3.05, 3.63) is 35.4 Å². The van der Waals surface area contributed by atoms with E-state index < -0.39 is 0 Å². The second kappa shape index (κ2) is 11.9. The molecule has 0 atom stereocenters. The Hall–Kier alpha value is -2.61. The molecule has 1 aromatic carbocycles. The number of nitrogens with zero attached hydrogens (tertiary/aromatic N) is 4. The van der Waals surface area contributed by atoms with E-state index in [9.17, 15) is 9.59 Å². The smallest absolute Gasteiger partial charge is 0.236 e. The summed E-state index contributed by atoms with van der Waals surface area (Å²) in [5, 5.41) is 6.84. The number of likely N-dealkylation sites (N-methyl/N-ethyl adjacent to an activating group) is 1. The molecule has 0 unspecified atom stereocenters. The Labute approximate surface area is 192 Å². The van der Waals surface area contributed by atoms with Gasteiger partial charge in [0, 0.05) is 65.8 Å². The molecule has 0 aliphatic carbocycles. The van der Waals surface area contributed by atoms with E-state index in [0.717, 1.165) is 57.9 Å². The molecule has 0 aromatic heterocycles. The maximum atomic E-state index is 12.6. The van der Waals surface area contributed by atoms with Crippen LogP contribution in [0, 0.1) is 0 Å². The van der Waals surface area contributed by atoms with Crippen LogP contribution in [-0.4, -0.2) is 85.3 Å². The molecule has 3 rings (SSSR count). The van der Waals surface area contributed by atoms with E-state index >= 15 is 0 Å². The van der Waals surface area contributed by atoms with Gasteiger partial charge in [0.15, 0.2) is 5.96 Å². The maximum Gasteiger partial charge on any atom is 0.236 e. The minimum absolute atomic E-state index is 0.152. The molecule has 0 spiro atoms. The van der Waals surface area contributed by atoms with Gasteiger partial charge in [-0.15, -0.1) is 0 Å². The second-order valence-corrected chi connectivity index (χ2v) is 8.87. The van der Waals surface area contributed by atoms with Gasteiger partial charge in [0.05, 0.1) is 6.54 Å². The first kappa shape index (κ1) is 24.0. The molecule has 2 N–H and O–H groups in total. The number of benzene rings is 1. The van der Waals surface area contributed by atoms with E-state index in [0.29, 0.717) is 25.6 Å². The number of likely N-dealkylation sites (tertiary alicyclic amines) is 1. The monoisotopic (exact) mass is 442 g/mol. The first-order chi connectivity index (χ1) is 15.5. The zero-order chi connectivity index (χ0) is 22.9. The molecule has 1 aromatic rings. The fraction of sp³-hybridized carbons (Fsp3) is 0.625. The van der Waals surface area contributed by atoms with Crippen molar-refractivity contribution in [2.24, 2.45) is 4.99 Å². The van der Waals surface area contributed by atoms with Gasteiger partial charge >= 0.3 is 0 Å². The lowest BCUT2D eigenvalue weighted by Gasteiger charge is -2.33. The fourth-order valence-electron chi connectivity index (χ4n) is 4.17. The summed E-state index contributed by atoms with van der Waals surface area (Å²) >= 11 is 0. The standard InChI is InChI=1S/C24H38N6O2/c1-4-25-24(27-21-11-14-29(15-12-21)18-23(32)28(2)3)26-13-7-10-22(31)30-16-19-8-5-6-9-20(19)17-30/h5-6,8-9,21H,4,7,10-18H2,1-3H3,(H2,25,26,27). The molecule has 2 amide bonds. The minimum Gasteiger partial charge on any atom is -0.357 e. The third kappa shape index (κ3) is 6.95. The average Bonchev–Trinajstić information content (AvgIpc) is 3.22. The molecule has 0 radical (unpaired) electrons. The molecule has 2 aliphatic heterocycles. The second-order valence-electron chi connectivity index (χ2n) is 8.87. The van der Waals surface area contributed by atoms with E-state index in [1.807, 2.05) is 17.0 Å². The molecule has 176 valence electrons. The van der Waals surface area contributed by atoms with Crippen LogP contribution in [0.2, 0.25) is 0 Å². The number of hydrogen-bond donors (Lipinski definition) is 2. The number of rotatable bonds is 8. The van der Waals surface area contributed by atoms with Crippen molar-refractivity contribution in [1.82, 2.24) is 25.3 Å². The van der Waals surface area contributed by atoms with Gasteiger partial charge in [-0.3, -0.25) is 19.5 Å². The highest BCUT2D eigenvalue weighted by Crippen LogP contribution is 2.22. The molecule has 0 bridgehead atoms. The number of carbonyl (C=O) groups is 2. The maximum absolute atomic E-state index is 12.6. The number of amides is 2. The number of piperidine rings is 1. The Bertz CT molecular complexity index is 776. The fourth-order valence-corrected chi connectivity index (χ4v) is 4.17. The van der Waals surface area contributed by atoms with Crippen LogP contribution in [-0.2, 0) is 22.7 Å². The normalized spacial score (nSPS) is 17.2. The average molecular weight is 443 g/mol. The van der Waals surface area contributed by atoms with Crippen LogP contribution < -0.4 is 10.6 Å². The van der Waals surface area contributed by atoms with E-state index in [4.69, 9.17) is 0 Å². The molecular weight excluding hydrogens is 404 g/mol. The van der Waals surface area contributed by atoms with Gasteiger partial charge in [0.1, 0.15) is 0 Å². The largest absolute Gasteiger partial charge is 0.357 e. The van der Waals surface area contributed by atoms with Crippen molar-refractivity contribution < 1.29 is 9.59 Å². The van der Waals surface area contributed by atoms with E-state index in [-0.39, 0.29) is 11.8 Å². The summed E-state index contributed by atoms with van der Waals surface area (Å²) in [5.74, 6) is 1.17. The summed E-state index contributed by atoms with van der Waals surface area (Å²) in [6, 6.07) is 8.62. The van der Waals surface area contributed by atoms with Crippen LogP contribution in [0.5, 0.6) is 0 Å². The number of aliphatic imine (C=N–C) groups is 1. The zero-order valence-electron chi connectivity index (χ0n) is 19.8. The number of carbonyl (C=O) groups excluding carboxylic acids is 2. The van der Waals surface area contributed by atoms with Crippen molar-refractivity contribution >= 4 is 17.8 Å². The van der Waals surface area contributed by atoms with Gasteiger partial charge < -0.3 is 20.4 Å². The van der Waals surface area contributed by atoms with E-state index in [2.05, 4.69) is 39.6 Å². The van der Waals surface area contributed by atoms with Crippen LogP contribution in [0.3, 0.4) is 0 Å². The Morgan fingerprint density at radius 1 is 1.12 bits per heavy atom. The van der Waals surface area contributed by atoms with Gasteiger partial charge in [-0.25, -0.2) is 0 Å². The molecule has 2 aliphatic rings. The summed E-state index contributed by atoms with van der Waals surface area (Å²) in [6.07, 6.45) is 3.24. The van der Waals surface area contributed by atoms with Crippen molar-refractivity contribution in [2.75, 3.05) is 46.8 Å². The molecule has 0 saturated carbocycles. The van der Waals surface area contributed by atoms with Gasteiger partial charge in [-0.05, 0) is 37.3 Å². The van der Waals surface area contributed by atoms with Gasteiger partial charge in [0.2, 0.25) is 11.8 Å². The van der Waals surface area contributed by atoms with Crippen LogP contribution in [0.25, 0.3) is 0 Å². The van der Waals surface area contributed by atoms with Crippen molar-refractivity contribution in [3.8, 4) is 0 Å². The van der Waals surface area contributed by atoms with Crippen LogP contribution >= 0.6 is 0 Å². The SMILES string of the molecule is CCNC(=NCCCC(=O)N1Cc2ccccc2C1)NC1CCN(CC(=O)N(C)C)CC1. The summed E-state index contributed by atoms with van der Waals surface area (Å²) in [4.78, 5) is 35.0. The Kier molecular flexibility index (Phi) is 8.90. The summed E-state index contributed by atoms with van der Waals surface area (Å²) < 4.78 is 0. The lowest BCUT2D eigenvalue weighted by molar-refractivity contribution is -0.132. The van der Waals surface area contributed by atoms with Gasteiger partial charge in [-0.2, -0.15) is 0 Å². The molecule has 8 nitrogen and oxygen atoms in total. The predicted molar refractivity (Wildman–Crippen MR) is 127 cm³/mol. The Morgan fingerprint density at radius 2 is 1.78 bits per heavy atom. The Balaban J connectivity index is 1.38. The van der Waals surface area contributed by atoms with Crippen LogP contribution in [0.1, 0.15) is 43.7 Å². The van der Waals surface area contributed by atoms with Crippen molar-refractivity contribution in [2.45, 2.75) is 51.7 Å². The lowest BCUT2D eigenvalue weighted by atomic mass is 10.1. The van der Waals surface area contributed by atoms with Gasteiger partial charge in [0.25, 0.3) is 0 Å². The van der Waals surface area contributed by atoms with Gasteiger partial charge in [-0.1, -0.05) is 24.3 Å². The highest BCUT2D eigenvalue weighted by Gasteiger charge is 2.23. The van der Waals surface area contributed by atoms with Crippen molar-refractivity contribution in [3.63, 3.8) is 0 Å². The number of guanidine groups is 1. The minimum atomic E-state index is 0.152. The zero-order valence-corrected chi connectivity index (χ0v) is 19.8. The highest BCUT2D eigenvalue weighted by atomic mass is 16.2. The van der Waals surface area contributed by atoms with E-state index in [1.165, 1.54) is 11.1 Å². The first-order valence-corrected chi connectivity index (χ1v) is 11.8. The topological polar surface area (TPSA) is 80.3 Å². The van der Waals surface area contributed by atoms with Crippen LogP contribution in [0.4, 0.5) is 0 Å². The number of fused-ring (bicyclic) bond motifs is 1. The molecule has 8 heteroatoms. The molecule has 1 saturated heterocycles. The molecular formula is C24H38N6O2. The quantitative estimate of drug-likeness (QED) is 0.362. The Morgan fingerprint density at radius 3 is 2.38 bits per heavy atom. The number of nitrogens with one attached hydrogen (secondary N) is 2. The summed E-state index contributed by atoms with van der Waals surface area (Å²) in [7, 11) is 3.60. The third-order valence-electron chi connectivity index (χ3n) is 6.14. The van der Waals surface area contributed by atoms with E-state index in [1.54, 1.807) is 19.0 Å². The van der Waals surface area contributed by atoms with Crippen LogP contribution in [0.15, 0.2) is 29.3 Å². The summed E-state index contributed by atoms with van der Waals surface area (Å²) in [6.45, 7) is 7.23. The molecule has 1 fully saturated rings. The highest BCUT2D eigenvalue weighted by molar-refractivity contribution is 5.80.